The fourth-order valence-corrected chi connectivity index (χ4v) is 3.39. The third-order valence-corrected chi connectivity index (χ3v) is 4.73. The van der Waals surface area contributed by atoms with Gasteiger partial charge in [-0.3, -0.25) is 10.3 Å². The summed E-state index contributed by atoms with van der Waals surface area (Å²) < 4.78 is 30.8. The van der Waals surface area contributed by atoms with E-state index in [1.54, 1.807) is 19.2 Å². The molecule has 0 unspecified atom stereocenters. The Bertz CT molecular complexity index is 928. The number of anilines is 3. The molecular formula is C15H13F2N5O2S2. The van der Waals surface area contributed by atoms with Gasteiger partial charge in [0.25, 0.3) is 12.3 Å². The van der Waals surface area contributed by atoms with Gasteiger partial charge in [0, 0.05) is 17.1 Å². The molecule has 0 atom stereocenters. The van der Waals surface area contributed by atoms with Crippen LogP contribution in [0.25, 0.3) is 0 Å². The summed E-state index contributed by atoms with van der Waals surface area (Å²) in [6.45, 7) is 3.54. The Kier molecular flexibility index (Phi) is 5.38. The van der Waals surface area contributed by atoms with Crippen LogP contribution in [0.4, 0.5) is 29.4 Å². The summed E-state index contributed by atoms with van der Waals surface area (Å²) in [5.41, 5.74) is 0.909. The average Bonchev–Trinajstić information content (AvgIpc) is 3.13. The Morgan fingerprint density at radius 2 is 2.08 bits per heavy atom. The maximum atomic E-state index is 12.8. The Morgan fingerprint density at radius 1 is 1.27 bits per heavy atom. The van der Waals surface area contributed by atoms with Gasteiger partial charge in [0.2, 0.25) is 0 Å². The number of halogens is 2. The maximum absolute atomic E-state index is 12.8. The van der Waals surface area contributed by atoms with E-state index in [0.29, 0.717) is 20.8 Å². The highest BCUT2D eigenvalue weighted by Crippen LogP contribution is 2.34. The van der Waals surface area contributed by atoms with Crippen molar-refractivity contribution in [2.75, 3.05) is 10.6 Å². The second-order valence-electron chi connectivity index (χ2n) is 5.11. The Morgan fingerprint density at radius 3 is 2.77 bits per heavy atom. The largest absolute Gasteiger partial charge is 0.420 e. The molecule has 0 bridgehead atoms. The molecule has 1 amide bonds. The van der Waals surface area contributed by atoms with Gasteiger partial charge in [0.1, 0.15) is 0 Å². The zero-order chi connectivity index (χ0) is 18.7. The minimum atomic E-state index is -2.63. The van der Waals surface area contributed by atoms with Gasteiger partial charge >= 0.3 is 6.09 Å². The Labute approximate surface area is 155 Å². The molecule has 3 aromatic heterocycles. The summed E-state index contributed by atoms with van der Waals surface area (Å²) in [7, 11) is 0. The van der Waals surface area contributed by atoms with E-state index in [2.05, 4.69) is 25.6 Å². The molecule has 0 spiro atoms. The molecule has 3 heterocycles. The number of pyridine rings is 1. The lowest BCUT2D eigenvalue weighted by Crippen LogP contribution is -2.17. The Balaban J connectivity index is 1.73. The first kappa shape index (κ1) is 18.1. The van der Waals surface area contributed by atoms with Crippen LogP contribution in [-0.4, -0.2) is 21.0 Å². The van der Waals surface area contributed by atoms with Crippen molar-refractivity contribution in [3.05, 3.63) is 40.1 Å². The highest BCUT2D eigenvalue weighted by atomic mass is 32.1. The molecule has 3 rings (SSSR count). The molecule has 7 nitrogen and oxygen atoms in total. The predicted octanol–water partition coefficient (Wildman–Crippen LogP) is 4.90. The van der Waals surface area contributed by atoms with Crippen molar-refractivity contribution in [1.29, 1.82) is 0 Å². The molecule has 2 N–H and O–H groups in total. The molecule has 136 valence electrons. The first-order valence-electron chi connectivity index (χ1n) is 7.29. The molecule has 0 saturated carbocycles. The van der Waals surface area contributed by atoms with Crippen LogP contribution in [0, 0.1) is 13.8 Å². The molecule has 3 aromatic rings. The van der Waals surface area contributed by atoms with E-state index in [1.807, 2.05) is 0 Å². The quantitative estimate of drug-likeness (QED) is 0.636. The van der Waals surface area contributed by atoms with E-state index in [9.17, 15) is 13.6 Å². The van der Waals surface area contributed by atoms with Crippen LogP contribution in [0.1, 0.15) is 22.7 Å². The number of amides is 1. The normalized spacial score (nSPS) is 10.8. The summed E-state index contributed by atoms with van der Waals surface area (Å²) in [5, 5.41) is 8.65. The third kappa shape index (κ3) is 4.49. The van der Waals surface area contributed by atoms with Crippen molar-refractivity contribution >= 4 is 44.6 Å². The highest BCUT2D eigenvalue weighted by molar-refractivity contribution is 7.16. The highest BCUT2D eigenvalue weighted by Gasteiger charge is 2.17. The molecular weight excluding hydrogens is 384 g/mol. The van der Waals surface area contributed by atoms with Crippen LogP contribution < -0.4 is 15.4 Å². The van der Waals surface area contributed by atoms with Gasteiger partial charge in [-0.25, -0.2) is 23.5 Å². The van der Waals surface area contributed by atoms with Gasteiger partial charge in [-0.1, -0.05) is 11.3 Å². The maximum Gasteiger partial charge on any atom is 0.420 e. The number of aromatic nitrogens is 3. The number of carbonyl (C=O) groups excluding carboxylic acids is 1. The molecule has 0 fully saturated rings. The zero-order valence-electron chi connectivity index (χ0n) is 13.6. The summed E-state index contributed by atoms with van der Waals surface area (Å²) in [4.78, 5) is 24.0. The monoisotopic (exact) mass is 397 g/mol. The van der Waals surface area contributed by atoms with Crippen LogP contribution >= 0.6 is 22.7 Å². The number of alkyl halides is 2. The second kappa shape index (κ2) is 7.70. The summed E-state index contributed by atoms with van der Waals surface area (Å²) in [6.07, 6.45) is -0.888. The number of nitrogens with zero attached hydrogens (tertiary/aromatic N) is 3. The van der Waals surface area contributed by atoms with Gasteiger partial charge in [-0.15, -0.1) is 11.3 Å². The van der Waals surface area contributed by atoms with E-state index < -0.39 is 12.5 Å². The molecule has 26 heavy (non-hydrogen) atoms. The van der Waals surface area contributed by atoms with Crippen molar-refractivity contribution < 1.29 is 18.3 Å². The van der Waals surface area contributed by atoms with Crippen molar-refractivity contribution in [3.8, 4) is 5.88 Å². The molecule has 11 heteroatoms. The van der Waals surface area contributed by atoms with Crippen LogP contribution in [-0.2, 0) is 0 Å². The number of ether oxygens (including phenoxy) is 1. The van der Waals surface area contributed by atoms with E-state index in [1.165, 1.54) is 34.9 Å². The van der Waals surface area contributed by atoms with Gasteiger partial charge in [-0.2, -0.15) is 0 Å². The minimum Gasteiger partial charge on any atom is -0.388 e. The minimum absolute atomic E-state index is 0.0423. The summed E-state index contributed by atoms with van der Waals surface area (Å²) >= 11 is 2.49. The number of rotatable bonds is 5. The van der Waals surface area contributed by atoms with Crippen LogP contribution in [0.2, 0.25) is 0 Å². The molecule has 0 aliphatic carbocycles. The number of hydrogen-bond acceptors (Lipinski definition) is 8. The number of carbonyl (C=O) groups is 1. The molecule has 0 aliphatic rings. The number of hydrogen-bond donors (Lipinski definition) is 2. The van der Waals surface area contributed by atoms with Gasteiger partial charge in [0.15, 0.2) is 10.1 Å². The van der Waals surface area contributed by atoms with E-state index in [0.717, 1.165) is 11.9 Å². The summed E-state index contributed by atoms with van der Waals surface area (Å²) in [5.74, 6) is 0.0423. The third-order valence-electron chi connectivity index (χ3n) is 2.99. The second-order valence-corrected chi connectivity index (χ2v) is 7.17. The lowest BCUT2D eigenvalue weighted by Gasteiger charge is -2.08. The molecule has 0 aliphatic heterocycles. The first-order chi connectivity index (χ1) is 12.4. The fourth-order valence-electron chi connectivity index (χ4n) is 1.94. The Hall–Kier alpha value is -2.66. The van der Waals surface area contributed by atoms with E-state index >= 15 is 0 Å². The smallest absolute Gasteiger partial charge is 0.388 e. The molecule has 0 radical (unpaired) electrons. The summed E-state index contributed by atoms with van der Waals surface area (Å²) in [6, 6.07) is 1.27. The van der Waals surface area contributed by atoms with Crippen LogP contribution in [0.5, 0.6) is 5.88 Å². The number of aryl methyl sites for hydroxylation is 2. The predicted molar refractivity (Wildman–Crippen MR) is 95.8 cm³/mol. The average molecular weight is 397 g/mol. The molecule has 0 saturated heterocycles. The van der Waals surface area contributed by atoms with E-state index in [4.69, 9.17) is 4.74 Å². The topological polar surface area (TPSA) is 89.0 Å². The van der Waals surface area contributed by atoms with Crippen LogP contribution in [0.3, 0.4) is 0 Å². The van der Waals surface area contributed by atoms with E-state index in [-0.39, 0.29) is 11.4 Å². The van der Waals surface area contributed by atoms with Crippen LogP contribution in [0.15, 0.2) is 23.8 Å². The fraction of sp³-hybridized carbons (Fsp3) is 0.200. The zero-order valence-corrected chi connectivity index (χ0v) is 15.3. The standard InChI is InChI=1S/C15H13F2N5O2S2/c1-7-6-25-14(19-7)22-15(23)24-12-13(26-8(2)20-12)21-10-3-9(11(16)17)4-18-5-10/h3-6,11,21H,1-2H3,(H,19,22,23). The number of nitrogens with one attached hydrogen (secondary N) is 2. The van der Waals surface area contributed by atoms with Gasteiger partial charge in [-0.05, 0) is 19.9 Å². The lowest BCUT2D eigenvalue weighted by atomic mass is 10.3. The lowest BCUT2D eigenvalue weighted by molar-refractivity contribution is 0.151. The van der Waals surface area contributed by atoms with Crippen molar-refractivity contribution in [2.24, 2.45) is 0 Å². The molecule has 0 aromatic carbocycles. The first-order valence-corrected chi connectivity index (χ1v) is 8.99. The van der Waals surface area contributed by atoms with Gasteiger partial charge in [0.05, 0.1) is 22.6 Å². The van der Waals surface area contributed by atoms with Gasteiger partial charge < -0.3 is 10.1 Å². The SMILES string of the molecule is Cc1csc(NC(=O)Oc2nc(C)sc2Nc2cncc(C(F)F)c2)n1. The number of thiazole rings is 2. The van der Waals surface area contributed by atoms with Crippen molar-refractivity contribution in [3.63, 3.8) is 0 Å². The van der Waals surface area contributed by atoms with Crippen molar-refractivity contribution in [1.82, 2.24) is 15.0 Å². The van der Waals surface area contributed by atoms with Crippen molar-refractivity contribution in [2.45, 2.75) is 20.3 Å².